The lowest BCUT2D eigenvalue weighted by Crippen LogP contribution is -2.34. The Hall–Kier alpha value is -2.52. The Bertz CT molecular complexity index is 936. The van der Waals surface area contributed by atoms with Crippen molar-refractivity contribution in [3.63, 3.8) is 0 Å². The lowest BCUT2D eigenvalue weighted by Gasteiger charge is -2.30. The number of H-pyrrole nitrogens is 1. The second-order valence-corrected chi connectivity index (χ2v) is 6.19. The zero-order valence-corrected chi connectivity index (χ0v) is 14.0. The number of fused-ring (bicyclic) bond motifs is 1. The summed E-state index contributed by atoms with van der Waals surface area (Å²) < 4.78 is 6.53. The maximum absolute atomic E-state index is 12.4. The molecule has 126 valence electrons. The van der Waals surface area contributed by atoms with Crippen molar-refractivity contribution >= 4 is 16.9 Å². The third-order valence-corrected chi connectivity index (χ3v) is 4.40. The number of aromatic nitrogens is 2. The third kappa shape index (κ3) is 2.61. The summed E-state index contributed by atoms with van der Waals surface area (Å²) in [6, 6.07) is 0. The van der Waals surface area contributed by atoms with Crippen molar-refractivity contribution in [1.29, 1.82) is 0 Å². The Balaban J connectivity index is 2.26. The first-order valence-corrected chi connectivity index (χ1v) is 8.01. The van der Waals surface area contributed by atoms with E-state index in [1.165, 1.54) is 4.57 Å². The van der Waals surface area contributed by atoms with Gasteiger partial charge in [0.1, 0.15) is 11.1 Å². The summed E-state index contributed by atoms with van der Waals surface area (Å²) in [5, 5.41) is 10.7. The van der Waals surface area contributed by atoms with E-state index < -0.39 is 11.6 Å². The van der Waals surface area contributed by atoms with E-state index >= 15 is 0 Å². The number of aliphatic hydroxyl groups is 1. The average Bonchev–Trinajstić information content (AvgIpc) is 2.85. The molecule has 0 saturated heterocycles. The number of carbonyl (C=O) groups is 1. The van der Waals surface area contributed by atoms with E-state index in [0.717, 1.165) is 6.42 Å². The van der Waals surface area contributed by atoms with Crippen molar-refractivity contribution in [3.05, 3.63) is 33.4 Å². The van der Waals surface area contributed by atoms with Crippen LogP contribution in [0.4, 0.5) is 0 Å². The lowest BCUT2D eigenvalue weighted by atomic mass is 9.81. The zero-order chi connectivity index (χ0) is 17.5. The number of ether oxygens (including phenoxy) is 1. The standard InChI is InChI=1S/C18H20N2O4/c1-4-24-17(22)13-11(2)19-15-14(13)12(10-20(3)16(15)21)6-9-18(23)7-5-8-18/h10,19,23H,4-5,7-8H2,1-3H3. The maximum atomic E-state index is 12.4. The fraction of sp³-hybridized carbons (Fsp3) is 0.444. The molecule has 1 fully saturated rings. The first-order valence-electron chi connectivity index (χ1n) is 8.01. The largest absolute Gasteiger partial charge is 0.462 e. The molecule has 2 aromatic heterocycles. The van der Waals surface area contributed by atoms with Crippen molar-refractivity contribution < 1.29 is 14.6 Å². The van der Waals surface area contributed by atoms with Crippen LogP contribution in [0.5, 0.6) is 0 Å². The molecule has 3 rings (SSSR count). The molecule has 1 aliphatic rings. The van der Waals surface area contributed by atoms with Gasteiger partial charge in [0.15, 0.2) is 0 Å². The van der Waals surface area contributed by atoms with Crippen molar-refractivity contribution in [3.8, 4) is 11.8 Å². The number of hydrogen-bond acceptors (Lipinski definition) is 4. The fourth-order valence-corrected chi connectivity index (χ4v) is 2.92. The molecule has 0 radical (unpaired) electrons. The van der Waals surface area contributed by atoms with E-state index in [9.17, 15) is 14.7 Å². The molecule has 0 unspecified atom stereocenters. The minimum absolute atomic E-state index is 0.239. The van der Waals surface area contributed by atoms with Gasteiger partial charge in [-0.3, -0.25) is 4.79 Å². The van der Waals surface area contributed by atoms with Crippen LogP contribution in [0.25, 0.3) is 10.9 Å². The Labute approximate surface area is 139 Å². The van der Waals surface area contributed by atoms with Gasteiger partial charge in [-0.05, 0) is 33.1 Å². The van der Waals surface area contributed by atoms with Gasteiger partial charge in [0.05, 0.1) is 17.7 Å². The number of pyridine rings is 1. The Morgan fingerprint density at radius 1 is 1.50 bits per heavy atom. The molecular weight excluding hydrogens is 308 g/mol. The van der Waals surface area contributed by atoms with Gasteiger partial charge < -0.3 is 19.4 Å². The minimum atomic E-state index is -0.962. The van der Waals surface area contributed by atoms with E-state index in [0.29, 0.717) is 40.6 Å². The Morgan fingerprint density at radius 2 is 2.21 bits per heavy atom. The first-order chi connectivity index (χ1) is 11.4. The normalized spacial score (nSPS) is 15.5. The number of nitrogens with zero attached hydrogens (tertiary/aromatic N) is 1. The van der Waals surface area contributed by atoms with Crippen molar-refractivity contribution in [2.45, 2.75) is 38.7 Å². The monoisotopic (exact) mass is 328 g/mol. The molecule has 6 nitrogen and oxygen atoms in total. The van der Waals surface area contributed by atoms with Gasteiger partial charge in [-0.15, -0.1) is 0 Å². The molecule has 1 aliphatic carbocycles. The van der Waals surface area contributed by atoms with Crippen molar-refractivity contribution in [2.75, 3.05) is 6.61 Å². The average molecular weight is 328 g/mol. The molecule has 24 heavy (non-hydrogen) atoms. The highest BCUT2D eigenvalue weighted by Gasteiger charge is 2.32. The van der Waals surface area contributed by atoms with E-state index in [2.05, 4.69) is 16.8 Å². The topological polar surface area (TPSA) is 84.3 Å². The summed E-state index contributed by atoms with van der Waals surface area (Å²) in [5.74, 6) is 5.36. The predicted octanol–water partition coefficient (Wildman–Crippen LogP) is 1.62. The quantitative estimate of drug-likeness (QED) is 0.648. The number of aromatic amines is 1. The number of aryl methyl sites for hydroxylation is 2. The number of carbonyl (C=O) groups excluding carboxylic acids is 1. The van der Waals surface area contributed by atoms with Crippen LogP contribution in [0.1, 0.15) is 47.8 Å². The highest BCUT2D eigenvalue weighted by atomic mass is 16.5. The smallest absolute Gasteiger partial charge is 0.340 e. The molecule has 6 heteroatoms. The maximum Gasteiger partial charge on any atom is 0.340 e. The minimum Gasteiger partial charge on any atom is -0.462 e. The van der Waals surface area contributed by atoms with Crippen LogP contribution in [0, 0.1) is 18.8 Å². The summed E-state index contributed by atoms with van der Waals surface area (Å²) >= 11 is 0. The molecule has 1 saturated carbocycles. The summed E-state index contributed by atoms with van der Waals surface area (Å²) in [4.78, 5) is 27.7. The zero-order valence-electron chi connectivity index (χ0n) is 14.0. The van der Waals surface area contributed by atoms with Gasteiger partial charge in [0.25, 0.3) is 5.56 Å². The SMILES string of the molecule is CCOC(=O)c1c(C)[nH]c2c(=O)n(C)cc(C#CC3(O)CCC3)c12. The van der Waals surface area contributed by atoms with Crippen LogP contribution in [-0.2, 0) is 11.8 Å². The van der Waals surface area contributed by atoms with Crippen LogP contribution in [0.3, 0.4) is 0 Å². The molecular formula is C18H20N2O4. The van der Waals surface area contributed by atoms with E-state index in [1.54, 1.807) is 27.1 Å². The highest BCUT2D eigenvalue weighted by molar-refractivity contribution is 6.07. The van der Waals surface area contributed by atoms with Gasteiger partial charge >= 0.3 is 5.97 Å². The second-order valence-electron chi connectivity index (χ2n) is 6.19. The fourth-order valence-electron chi connectivity index (χ4n) is 2.92. The molecule has 2 N–H and O–H groups in total. The third-order valence-electron chi connectivity index (χ3n) is 4.40. The Kier molecular flexibility index (Phi) is 3.98. The van der Waals surface area contributed by atoms with Gasteiger partial charge in [-0.1, -0.05) is 11.8 Å². The predicted molar refractivity (Wildman–Crippen MR) is 89.9 cm³/mol. The molecule has 0 atom stereocenters. The van der Waals surface area contributed by atoms with Crippen LogP contribution < -0.4 is 5.56 Å². The first kappa shape index (κ1) is 16.3. The van der Waals surface area contributed by atoms with Gasteiger partial charge in [-0.25, -0.2) is 4.79 Å². The number of esters is 1. The molecule has 0 amide bonds. The van der Waals surface area contributed by atoms with Crippen LogP contribution in [-0.4, -0.2) is 32.8 Å². The van der Waals surface area contributed by atoms with Crippen LogP contribution in [0.2, 0.25) is 0 Å². The Morgan fingerprint density at radius 3 is 2.79 bits per heavy atom. The van der Waals surface area contributed by atoms with Gasteiger partial charge in [0, 0.05) is 24.3 Å². The molecule has 0 spiro atoms. The highest BCUT2D eigenvalue weighted by Crippen LogP contribution is 2.31. The molecule has 0 aromatic carbocycles. The van der Waals surface area contributed by atoms with E-state index in [1.807, 2.05) is 0 Å². The van der Waals surface area contributed by atoms with Crippen molar-refractivity contribution in [1.82, 2.24) is 9.55 Å². The van der Waals surface area contributed by atoms with E-state index in [4.69, 9.17) is 4.74 Å². The molecule has 0 bridgehead atoms. The lowest BCUT2D eigenvalue weighted by molar-refractivity contribution is 0.0239. The van der Waals surface area contributed by atoms with Crippen LogP contribution >= 0.6 is 0 Å². The number of rotatable bonds is 2. The molecule has 2 aromatic rings. The number of hydrogen-bond donors (Lipinski definition) is 2. The van der Waals surface area contributed by atoms with E-state index in [-0.39, 0.29) is 12.2 Å². The molecule has 2 heterocycles. The summed E-state index contributed by atoms with van der Waals surface area (Å²) in [7, 11) is 1.63. The molecule has 0 aliphatic heterocycles. The van der Waals surface area contributed by atoms with Gasteiger partial charge in [-0.2, -0.15) is 0 Å². The second kappa shape index (κ2) is 5.84. The van der Waals surface area contributed by atoms with Gasteiger partial charge in [0.2, 0.25) is 0 Å². The summed E-state index contributed by atoms with van der Waals surface area (Å²) in [5.41, 5.74) is 0.546. The summed E-state index contributed by atoms with van der Waals surface area (Å²) in [6.45, 7) is 3.70. The van der Waals surface area contributed by atoms with Crippen molar-refractivity contribution in [2.24, 2.45) is 7.05 Å². The summed E-state index contributed by atoms with van der Waals surface area (Å²) in [6.07, 6.45) is 3.83. The van der Waals surface area contributed by atoms with Crippen LogP contribution in [0.15, 0.2) is 11.0 Å². The number of nitrogens with one attached hydrogen (secondary N) is 1.